The van der Waals surface area contributed by atoms with Crippen LogP contribution in [0.25, 0.3) is 16.9 Å². The molecule has 4 rings (SSSR count). The summed E-state index contributed by atoms with van der Waals surface area (Å²) in [5, 5.41) is 14.3. The molecule has 0 aromatic carbocycles. The Balaban J connectivity index is 1.59. The van der Waals surface area contributed by atoms with E-state index in [1.54, 1.807) is 23.2 Å². The van der Waals surface area contributed by atoms with Gasteiger partial charge in [0, 0.05) is 24.1 Å². The third-order valence-electron chi connectivity index (χ3n) is 5.08. The first kappa shape index (κ1) is 19.6. The molecule has 0 aliphatic heterocycles. The fourth-order valence-electron chi connectivity index (χ4n) is 3.64. The number of anilines is 1. The summed E-state index contributed by atoms with van der Waals surface area (Å²) in [6.07, 6.45) is 9.12. The van der Waals surface area contributed by atoms with Crippen molar-refractivity contribution >= 4 is 21.4 Å². The summed E-state index contributed by atoms with van der Waals surface area (Å²) >= 11 is 0. The lowest BCUT2D eigenvalue weighted by Gasteiger charge is -2.27. The lowest BCUT2D eigenvalue weighted by Crippen LogP contribution is -2.32. The topological polar surface area (TPSA) is 127 Å². The maximum atomic E-state index is 11.7. The van der Waals surface area contributed by atoms with E-state index >= 15 is 0 Å². The average Bonchev–Trinajstić information content (AvgIpc) is 3.31. The molecule has 29 heavy (non-hydrogen) atoms. The van der Waals surface area contributed by atoms with E-state index in [0.717, 1.165) is 18.4 Å². The Kier molecular flexibility index (Phi) is 5.15. The van der Waals surface area contributed by atoms with Crippen molar-refractivity contribution in [2.75, 3.05) is 11.6 Å². The highest BCUT2D eigenvalue weighted by Gasteiger charge is 2.28. The number of rotatable bonds is 6. The molecule has 0 saturated heterocycles. The van der Waals surface area contributed by atoms with Crippen molar-refractivity contribution in [3.63, 3.8) is 0 Å². The fraction of sp³-hybridized carbons (Fsp3) is 0.556. The summed E-state index contributed by atoms with van der Waals surface area (Å²) < 4.78 is 31.1. The van der Waals surface area contributed by atoms with Gasteiger partial charge in [-0.2, -0.15) is 14.6 Å². The van der Waals surface area contributed by atoms with Gasteiger partial charge in [0.25, 0.3) is 0 Å². The highest BCUT2D eigenvalue weighted by molar-refractivity contribution is 7.91. The first-order chi connectivity index (χ1) is 13.8. The molecule has 3 aromatic rings. The summed E-state index contributed by atoms with van der Waals surface area (Å²) in [5.74, 6) is 1.03. The van der Waals surface area contributed by atoms with Gasteiger partial charge < -0.3 is 10.1 Å². The van der Waals surface area contributed by atoms with Gasteiger partial charge in [-0.1, -0.05) is 0 Å². The monoisotopic (exact) mass is 419 g/mol. The number of hydrogen-bond donors (Lipinski definition) is 2. The van der Waals surface area contributed by atoms with E-state index in [1.807, 2.05) is 13.8 Å². The van der Waals surface area contributed by atoms with Crippen molar-refractivity contribution in [1.29, 1.82) is 0 Å². The van der Waals surface area contributed by atoms with Gasteiger partial charge in [0.1, 0.15) is 21.9 Å². The minimum atomic E-state index is -2.98. The van der Waals surface area contributed by atoms with Crippen LogP contribution in [0.2, 0.25) is 0 Å². The second-order valence-corrected chi connectivity index (χ2v) is 10.1. The van der Waals surface area contributed by atoms with Crippen LogP contribution in [0.1, 0.15) is 39.5 Å². The number of ether oxygens (including phenoxy) is 1. The number of nitrogens with one attached hydrogen (secondary N) is 2. The zero-order valence-corrected chi connectivity index (χ0v) is 17.5. The highest BCUT2D eigenvalue weighted by atomic mass is 32.2. The van der Waals surface area contributed by atoms with E-state index in [2.05, 4.69) is 30.6 Å². The molecule has 1 aliphatic carbocycles. The molecule has 0 atom stereocenters. The molecule has 3 heterocycles. The van der Waals surface area contributed by atoms with Crippen LogP contribution in [-0.4, -0.2) is 61.8 Å². The second kappa shape index (κ2) is 7.62. The second-order valence-electron chi connectivity index (χ2n) is 7.73. The van der Waals surface area contributed by atoms with Crippen LogP contribution in [0.5, 0.6) is 5.75 Å². The number of H-pyrrole nitrogens is 1. The van der Waals surface area contributed by atoms with Gasteiger partial charge in [0.05, 0.1) is 17.6 Å². The van der Waals surface area contributed by atoms with Gasteiger partial charge in [-0.05, 0) is 39.5 Å². The molecule has 10 nitrogen and oxygen atoms in total. The number of fused-ring (bicyclic) bond motifs is 1. The van der Waals surface area contributed by atoms with Crippen molar-refractivity contribution in [3.8, 4) is 17.0 Å². The van der Waals surface area contributed by atoms with Crippen LogP contribution in [0.15, 0.2) is 18.7 Å². The predicted octanol–water partition coefficient (Wildman–Crippen LogP) is 2.07. The minimum absolute atomic E-state index is 0.0620. The van der Waals surface area contributed by atoms with E-state index in [9.17, 15) is 8.42 Å². The third-order valence-corrected chi connectivity index (χ3v) is 6.77. The molecule has 3 aromatic heterocycles. The standard InChI is InChI=1S/C18H25N7O3S/c1-11(2)28-16-15(12-8-20-21-9-12)19-10-25-17(16)23-18(24-25)22-13-4-6-14(7-5-13)29(3,26)27/h8-11,13-14H,4-7H2,1-3H3,(H,20,21)(H,22,24). The van der Waals surface area contributed by atoms with Crippen LogP contribution in [-0.2, 0) is 9.84 Å². The number of sulfone groups is 1. The van der Waals surface area contributed by atoms with E-state index in [-0.39, 0.29) is 17.4 Å². The average molecular weight is 420 g/mol. The van der Waals surface area contributed by atoms with Crippen molar-refractivity contribution in [1.82, 2.24) is 29.8 Å². The fourth-order valence-corrected chi connectivity index (χ4v) is 4.77. The maximum Gasteiger partial charge on any atom is 0.243 e. The van der Waals surface area contributed by atoms with Gasteiger partial charge in [-0.3, -0.25) is 5.10 Å². The third kappa shape index (κ3) is 4.19. The summed E-state index contributed by atoms with van der Waals surface area (Å²) in [6, 6.07) is 0.140. The SMILES string of the molecule is CC(C)Oc1c(-c2cn[nH]c2)ncn2nc(NC3CCC(S(C)(=O)=O)CC3)nc12. The maximum absolute atomic E-state index is 11.7. The van der Waals surface area contributed by atoms with Crippen LogP contribution in [0.4, 0.5) is 5.95 Å². The van der Waals surface area contributed by atoms with Crippen LogP contribution < -0.4 is 10.1 Å². The molecule has 0 spiro atoms. The van der Waals surface area contributed by atoms with Gasteiger partial charge in [-0.25, -0.2) is 13.4 Å². The van der Waals surface area contributed by atoms with Crippen molar-refractivity contribution in [2.45, 2.75) is 56.9 Å². The summed E-state index contributed by atoms with van der Waals surface area (Å²) in [6.45, 7) is 3.89. The number of aromatic amines is 1. The smallest absolute Gasteiger partial charge is 0.243 e. The number of hydrogen-bond acceptors (Lipinski definition) is 8. The normalized spacial score (nSPS) is 20.3. The molecule has 0 bridgehead atoms. The largest absolute Gasteiger partial charge is 0.485 e. The van der Waals surface area contributed by atoms with E-state index in [0.29, 0.717) is 35.9 Å². The zero-order valence-electron chi connectivity index (χ0n) is 16.7. The van der Waals surface area contributed by atoms with Crippen LogP contribution in [0, 0.1) is 0 Å². The van der Waals surface area contributed by atoms with Gasteiger partial charge in [-0.15, -0.1) is 5.10 Å². The van der Waals surface area contributed by atoms with Crippen LogP contribution >= 0.6 is 0 Å². The number of nitrogens with zero attached hydrogens (tertiary/aromatic N) is 5. The van der Waals surface area contributed by atoms with E-state index in [1.165, 1.54) is 6.26 Å². The minimum Gasteiger partial charge on any atom is -0.485 e. The number of aromatic nitrogens is 6. The Hall–Kier alpha value is -2.69. The van der Waals surface area contributed by atoms with Crippen molar-refractivity contribution in [2.24, 2.45) is 0 Å². The molecule has 0 radical (unpaired) electrons. The van der Waals surface area contributed by atoms with E-state index in [4.69, 9.17) is 4.74 Å². The van der Waals surface area contributed by atoms with E-state index < -0.39 is 9.84 Å². The molecule has 0 amide bonds. The predicted molar refractivity (Wildman–Crippen MR) is 109 cm³/mol. The highest BCUT2D eigenvalue weighted by Crippen LogP contribution is 2.32. The molecule has 1 saturated carbocycles. The molecule has 11 heteroatoms. The van der Waals surface area contributed by atoms with Gasteiger partial charge >= 0.3 is 0 Å². The van der Waals surface area contributed by atoms with Gasteiger partial charge in [0.2, 0.25) is 11.6 Å². The zero-order chi connectivity index (χ0) is 20.6. The molecule has 156 valence electrons. The first-order valence-corrected chi connectivity index (χ1v) is 11.6. The lowest BCUT2D eigenvalue weighted by atomic mass is 9.95. The molecule has 1 fully saturated rings. The van der Waals surface area contributed by atoms with Crippen molar-refractivity contribution < 1.29 is 13.2 Å². The summed E-state index contributed by atoms with van der Waals surface area (Å²) in [7, 11) is -2.98. The molecule has 2 N–H and O–H groups in total. The van der Waals surface area contributed by atoms with Gasteiger partial charge in [0.15, 0.2) is 5.75 Å². The lowest BCUT2D eigenvalue weighted by molar-refractivity contribution is 0.244. The molecular weight excluding hydrogens is 394 g/mol. The Morgan fingerprint density at radius 3 is 2.66 bits per heavy atom. The van der Waals surface area contributed by atoms with Crippen LogP contribution in [0.3, 0.4) is 0 Å². The molecule has 0 unspecified atom stereocenters. The quantitative estimate of drug-likeness (QED) is 0.622. The summed E-state index contributed by atoms with van der Waals surface area (Å²) in [4.78, 5) is 9.11. The van der Waals surface area contributed by atoms with Crippen molar-refractivity contribution in [3.05, 3.63) is 18.7 Å². The Morgan fingerprint density at radius 1 is 1.28 bits per heavy atom. The molecular formula is C18H25N7O3S. The Bertz CT molecular complexity index is 1080. The molecule has 1 aliphatic rings. The summed E-state index contributed by atoms with van der Waals surface area (Å²) in [5.41, 5.74) is 2.02. The first-order valence-electron chi connectivity index (χ1n) is 9.68. The Morgan fingerprint density at radius 2 is 2.03 bits per heavy atom. The Labute approximate surface area is 169 Å².